The van der Waals surface area contributed by atoms with Crippen LogP contribution < -0.4 is 0 Å². The number of hydrogen-bond acceptors (Lipinski definition) is 0. The van der Waals surface area contributed by atoms with Crippen LogP contribution in [0.5, 0.6) is 0 Å². The van der Waals surface area contributed by atoms with Gasteiger partial charge in [0.2, 0.25) is 0 Å². The quantitative estimate of drug-likeness (QED) is 0.167. The van der Waals surface area contributed by atoms with Crippen molar-refractivity contribution >= 4 is 33.0 Å². The second-order valence-corrected chi connectivity index (χ2v) is 23.1. The van der Waals surface area contributed by atoms with Gasteiger partial charge in [0.15, 0.2) is 0 Å². The van der Waals surface area contributed by atoms with Crippen molar-refractivity contribution in [3.05, 3.63) is 218 Å². The monoisotopic (exact) mass is 865 g/mol. The van der Waals surface area contributed by atoms with Crippen LogP contribution in [0.3, 0.4) is 0 Å². The Bertz CT molecular complexity index is 3640. The molecule has 0 spiro atoms. The molecular weight excluding hydrogens is 807 g/mol. The first-order valence-electron chi connectivity index (χ1n) is 25.1. The zero-order valence-corrected chi connectivity index (χ0v) is 40.4. The minimum Gasteiger partial charge on any atom is -0.309 e. The van der Waals surface area contributed by atoms with E-state index in [9.17, 15) is 0 Å². The predicted octanol–water partition coefficient (Wildman–Crippen LogP) is 17.3. The van der Waals surface area contributed by atoms with E-state index in [0.717, 1.165) is 32.1 Å². The summed E-state index contributed by atoms with van der Waals surface area (Å²) in [5, 5.41) is 2.69. The van der Waals surface area contributed by atoms with E-state index in [1.165, 1.54) is 117 Å². The highest BCUT2D eigenvalue weighted by atomic mass is 15.0. The SMILES string of the molecule is CC1(C)C2=CCC(c3ccc4c(c3)C(C)(C)c3cc(C5=CC6=C(CC5)c5ccccc5C6(C)C)cc5c6cc(-c7ccc8c(c7)-c7ccccc7C8(C)C)ccc6n-4c35)C=C2C2=C1C=CCC2. The molecule has 0 radical (unpaired) electrons. The van der Waals surface area contributed by atoms with Crippen molar-refractivity contribution in [3.8, 4) is 27.9 Å². The molecule has 328 valence electrons. The van der Waals surface area contributed by atoms with E-state index < -0.39 is 0 Å². The fourth-order valence-electron chi connectivity index (χ4n) is 14.5. The van der Waals surface area contributed by atoms with Crippen molar-refractivity contribution in [1.82, 2.24) is 4.57 Å². The highest BCUT2D eigenvalue weighted by molar-refractivity contribution is 6.14. The zero-order chi connectivity index (χ0) is 45.5. The van der Waals surface area contributed by atoms with Crippen LogP contribution in [-0.4, -0.2) is 4.57 Å². The Morgan fingerprint density at radius 1 is 0.522 bits per heavy atom. The number of fused-ring (bicyclic) bond motifs is 12. The number of aromatic nitrogens is 1. The summed E-state index contributed by atoms with van der Waals surface area (Å²) in [6, 6.07) is 45.4. The summed E-state index contributed by atoms with van der Waals surface area (Å²) in [4.78, 5) is 0. The van der Waals surface area contributed by atoms with Gasteiger partial charge in [-0.15, -0.1) is 0 Å². The van der Waals surface area contributed by atoms with Crippen molar-refractivity contribution in [3.63, 3.8) is 0 Å². The van der Waals surface area contributed by atoms with Crippen LogP contribution in [0.25, 0.3) is 60.9 Å². The first kappa shape index (κ1) is 39.7. The lowest BCUT2D eigenvalue weighted by molar-refractivity contribution is 0.568. The summed E-state index contributed by atoms with van der Waals surface area (Å²) >= 11 is 0. The topological polar surface area (TPSA) is 4.93 Å². The molecular formula is C66H59N. The van der Waals surface area contributed by atoms with E-state index in [0.29, 0.717) is 5.92 Å². The lowest BCUT2D eigenvalue weighted by Gasteiger charge is -2.36. The average Bonchev–Trinajstić information content (AvgIpc) is 3.96. The van der Waals surface area contributed by atoms with Crippen molar-refractivity contribution < 1.29 is 0 Å². The van der Waals surface area contributed by atoms with Crippen molar-refractivity contribution in [2.45, 2.75) is 110 Å². The fraction of sp³-hybridized carbons (Fsp3) is 0.273. The normalized spacial score (nSPS) is 21.6. The second-order valence-electron chi connectivity index (χ2n) is 23.1. The first-order chi connectivity index (χ1) is 32.2. The minimum absolute atomic E-state index is 0.0138. The molecule has 7 aromatic rings. The van der Waals surface area contributed by atoms with Gasteiger partial charge in [-0.3, -0.25) is 0 Å². The summed E-state index contributed by atoms with van der Waals surface area (Å²) in [5.41, 5.74) is 31.2. The molecule has 67 heavy (non-hydrogen) atoms. The Balaban J connectivity index is 0.958. The largest absolute Gasteiger partial charge is 0.309 e. The Hall–Kier alpha value is -6.44. The third-order valence-corrected chi connectivity index (χ3v) is 18.1. The lowest BCUT2D eigenvalue weighted by atomic mass is 9.71. The van der Waals surface area contributed by atoms with Crippen LogP contribution in [0, 0.1) is 5.41 Å². The summed E-state index contributed by atoms with van der Waals surface area (Å²) in [7, 11) is 0. The molecule has 1 unspecified atom stereocenters. The lowest BCUT2D eigenvalue weighted by Crippen LogP contribution is -2.27. The molecule has 0 saturated heterocycles. The van der Waals surface area contributed by atoms with Gasteiger partial charge >= 0.3 is 0 Å². The molecule has 6 aromatic carbocycles. The van der Waals surface area contributed by atoms with E-state index in [2.05, 4.69) is 206 Å². The summed E-state index contributed by atoms with van der Waals surface area (Å²) in [5.74, 6) is 0.351. The van der Waals surface area contributed by atoms with Gasteiger partial charge in [-0.1, -0.05) is 165 Å². The Labute approximate surface area is 396 Å². The van der Waals surface area contributed by atoms with E-state index in [1.807, 2.05) is 0 Å². The van der Waals surface area contributed by atoms with Gasteiger partial charge in [0.1, 0.15) is 0 Å². The number of nitrogens with zero attached hydrogens (tertiary/aromatic N) is 1. The second kappa shape index (κ2) is 13.2. The molecule has 7 aliphatic rings. The summed E-state index contributed by atoms with van der Waals surface area (Å²) in [6.07, 6.45) is 18.1. The number of rotatable bonds is 3. The smallest absolute Gasteiger partial charge is 0.0582 e. The molecule has 1 heteroatoms. The van der Waals surface area contributed by atoms with Gasteiger partial charge in [-0.25, -0.2) is 0 Å². The maximum atomic E-state index is 2.65. The molecule has 0 amide bonds. The number of hydrogen-bond donors (Lipinski definition) is 0. The zero-order valence-electron chi connectivity index (χ0n) is 40.4. The number of allylic oxidation sites excluding steroid dienone is 12. The van der Waals surface area contributed by atoms with Crippen molar-refractivity contribution in [2.75, 3.05) is 0 Å². The molecule has 2 heterocycles. The molecule has 0 saturated carbocycles. The van der Waals surface area contributed by atoms with Crippen LogP contribution >= 0.6 is 0 Å². The van der Waals surface area contributed by atoms with Crippen molar-refractivity contribution in [2.24, 2.45) is 5.41 Å². The van der Waals surface area contributed by atoms with Crippen molar-refractivity contribution in [1.29, 1.82) is 0 Å². The van der Waals surface area contributed by atoms with Crippen LogP contribution in [0.15, 0.2) is 174 Å². The molecule has 1 aliphatic heterocycles. The highest BCUT2D eigenvalue weighted by Crippen LogP contribution is 2.58. The van der Waals surface area contributed by atoms with E-state index in [1.54, 1.807) is 16.7 Å². The standard InChI is InChI=1S/C66H59N/c1-63(2)53-19-13-10-16-45(53)48-31-38(22-27-55(48)63)40-24-29-60-50(33-40)51-34-43(42-21-26-47-44-15-9-12-18-52(44)65(5,6)57(47)35-42)37-59-62(51)67(60)61-30-25-41(36-58(61)66(59,7)8)39-23-28-56-49(32-39)46-17-11-14-20-54(46)64(56,3)4/h9-10,12-16,18-20,22,24-25,27-37,39H,11,17,21,23,26H2,1-8H3. The van der Waals surface area contributed by atoms with E-state index in [4.69, 9.17) is 0 Å². The third-order valence-electron chi connectivity index (χ3n) is 18.1. The Morgan fingerprint density at radius 3 is 2.07 bits per heavy atom. The average molecular weight is 866 g/mol. The highest BCUT2D eigenvalue weighted by Gasteiger charge is 2.43. The molecule has 1 atom stereocenters. The van der Waals surface area contributed by atoms with Crippen LogP contribution in [0.2, 0.25) is 0 Å². The van der Waals surface area contributed by atoms with Crippen LogP contribution in [0.4, 0.5) is 0 Å². The minimum atomic E-state index is -0.225. The van der Waals surface area contributed by atoms with Crippen LogP contribution in [0.1, 0.15) is 138 Å². The molecule has 6 aliphatic carbocycles. The van der Waals surface area contributed by atoms with Gasteiger partial charge in [-0.05, 0) is 174 Å². The van der Waals surface area contributed by atoms with Gasteiger partial charge in [0.25, 0.3) is 0 Å². The molecule has 1 aromatic heterocycles. The maximum absolute atomic E-state index is 2.65. The van der Waals surface area contributed by atoms with E-state index >= 15 is 0 Å². The molecule has 0 fully saturated rings. The fourth-order valence-corrected chi connectivity index (χ4v) is 14.5. The van der Waals surface area contributed by atoms with E-state index in [-0.39, 0.29) is 21.7 Å². The summed E-state index contributed by atoms with van der Waals surface area (Å²) in [6.45, 7) is 19.5. The Morgan fingerprint density at radius 2 is 1.24 bits per heavy atom. The summed E-state index contributed by atoms with van der Waals surface area (Å²) < 4.78 is 2.63. The van der Waals surface area contributed by atoms with Crippen LogP contribution in [-0.2, 0) is 16.2 Å². The maximum Gasteiger partial charge on any atom is 0.0582 e. The van der Waals surface area contributed by atoms with Gasteiger partial charge < -0.3 is 4.57 Å². The molecule has 0 N–H and O–H groups in total. The molecule has 14 rings (SSSR count). The third kappa shape index (κ3) is 5.16. The van der Waals surface area contributed by atoms with Gasteiger partial charge in [0.05, 0.1) is 16.7 Å². The van der Waals surface area contributed by atoms with Gasteiger partial charge in [-0.2, -0.15) is 0 Å². The number of benzene rings is 6. The van der Waals surface area contributed by atoms with Gasteiger partial charge in [0, 0.05) is 38.4 Å². The molecule has 1 nitrogen and oxygen atoms in total. The predicted molar refractivity (Wildman–Crippen MR) is 282 cm³/mol. The first-order valence-corrected chi connectivity index (χ1v) is 25.1. The molecule has 0 bridgehead atoms. The Kier molecular flexibility index (Phi) is 7.80.